The lowest BCUT2D eigenvalue weighted by molar-refractivity contribution is -0.385. The standard InChI is InChI=1S/C14H22N2O2/c1-11(2)8-9-13(15-3)10-12-6-4-5-7-14(12)16(17)18/h4-7,11,13,15H,8-10H2,1-3H3. The molecule has 100 valence electrons. The number of benzene rings is 1. The maximum absolute atomic E-state index is 10.9. The zero-order valence-corrected chi connectivity index (χ0v) is 11.3. The van der Waals surface area contributed by atoms with Crippen molar-refractivity contribution in [2.45, 2.75) is 39.2 Å². The van der Waals surface area contributed by atoms with Crippen molar-refractivity contribution in [1.82, 2.24) is 5.32 Å². The number of nitrogens with zero attached hydrogens (tertiary/aromatic N) is 1. The molecule has 0 aliphatic rings. The molecule has 0 radical (unpaired) electrons. The van der Waals surface area contributed by atoms with Crippen molar-refractivity contribution in [3.63, 3.8) is 0 Å². The van der Waals surface area contributed by atoms with Crippen molar-refractivity contribution in [3.8, 4) is 0 Å². The Kier molecular flexibility index (Phi) is 5.78. The highest BCUT2D eigenvalue weighted by atomic mass is 16.6. The summed E-state index contributed by atoms with van der Waals surface area (Å²) >= 11 is 0. The molecule has 4 heteroatoms. The molecule has 0 aliphatic carbocycles. The van der Waals surface area contributed by atoms with Crippen LogP contribution in [0.1, 0.15) is 32.3 Å². The number of nitro benzene ring substituents is 1. The third-order valence-electron chi connectivity index (χ3n) is 3.16. The van der Waals surface area contributed by atoms with Gasteiger partial charge in [-0.2, -0.15) is 0 Å². The van der Waals surface area contributed by atoms with E-state index in [-0.39, 0.29) is 10.6 Å². The van der Waals surface area contributed by atoms with E-state index in [1.54, 1.807) is 12.1 Å². The van der Waals surface area contributed by atoms with Gasteiger partial charge >= 0.3 is 0 Å². The van der Waals surface area contributed by atoms with Crippen LogP contribution in [0, 0.1) is 16.0 Å². The molecule has 4 nitrogen and oxygen atoms in total. The van der Waals surface area contributed by atoms with Crippen molar-refractivity contribution in [3.05, 3.63) is 39.9 Å². The largest absolute Gasteiger partial charge is 0.317 e. The Morgan fingerprint density at radius 1 is 1.28 bits per heavy atom. The van der Waals surface area contributed by atoms with E-state index >= 15 is 0 Å². The van der Waals surface area contributed by atoms with Gasteiger partial charge in [0.25, 0.3) is 5.69 Å². The molecule has 0 amide bonds. The number of rotatable bonds is 7. The van der Waals surface area contributed by atoms with E-state index in [9.17, 15) is 10.1 Å². The fourth-order valence-electron chi connectivity index (χ4n) is 2.01. The molecule has 1 N–H and O–H groups in total. The first kappa shape index (κ1) is 14.6. The maximum atomic E-state index is 10.9. The number of nitrogens with one attached hydrogen (secondary N) is 1. The van der Waals surface area contributed by atoms with E-state index in [1.807, 2.05) is 19.2 Å². The molecule has 0 bridgehead atoms. The molecule has 1 atom stereocenters. The Morgan fingerprint density at radius 2 is 1.94 bits per heavy atom. The summed E-state index contributed by atoms with van der Waals surface area (Å²) in [6.07, 6.45) is 2.88. The second-order valence-corrected chi connectivity index (χ2v) is 5.05. The normalized spacial score (nSPS) is 12.7. The molecule has 0 fully saturated rings. The third kappa shape index (κ3) is 4.45. The number of nitro groups is 1. The van der Waals surface area contributed by atoms with Gasteiger partial charge < -0.3 is 5.32 Å². The van der Waals surface area contributed by atoms with Gasteiger partial charge in [0.2, 0.25) is 0 Å². The molecule has 0 aromatic heterocycles. The minimum absolute atomic E-state index is 0.224. The first-order valence-corrected chi connectivity index (χ1v) is 6.44. The van der Waals surface area contributed by atoms with Crippen LogP contribution in [-0.4, -0.2) is 18.0 Å². The quantitative estimate of drug-likeness (QED) is 0.597. The van der Waals surface area contributed by atoms with Crippen molar-refractivity contribution < 1.29 is 4.92 Å². The van der Waals surface area contributed by atoms with Gasteiger partial charge in [0.05, 0.1) is 4.92 Å². The van der Waals surface area contributed by atoms with Gasteiger partial charge in [0.1, 0.15) is 0 Å². The zero-order chi connectivity index (χ0) is 13.5. The summed E-state index contributed by atoms with van der Waals surface area (Å²) in [5, 5.41) is 14.2. The van der Waals surface area contributed by atoms with Crippen LogP contribution in [0.4, 0.5) is 5.69 Å². The summed E-state index contributed by atoms with van der Waals surface area (Å²) in [7, 11) is 1.92. The number of hydrogen-bond acceptors (Lipinski definition) is 3. The molecule has 1 aromatic carbocycles. The lowest BCUT2D eigenvalue weighted by atomic mass is 9.97. The Hall–Kier alpha value is -1.42. The van der Waals surface area contributed by atoms with Gasteiger partial charge in [-0.15, -0.1) is 0 Å². The van der Waals surface area contributed by atoms with Gasteiger partial charge in [-0.25, -0.2) is 0 Å². The number of hydrogen-bond donors (Lipinski definition) is 1. The zero-order valence-electron chi connectivity index (χ0n) is 11.3. The summed E-state index contributed by atoms with van der Waals surface area (Å²) in [6.45, 7) is 4.38. The molecule has 0 spiro atoms. The Morgan fingerprint density at radius 3 is 2.50 bits per heavy atom. The van der Waals surface area contributed by atoms with Crippen LogP contribution in [0.25, 0.3) is 0 Å². The van der Waals surface area contributed by atoms with Crippen LogP contribution in [-0.2, 0) is 6.42 Å². The molecular weight excluding hydrogens is 228 g/mol. The summed E-state index contributed by atoms with van der Waals surface area (Å²) < 4.78 is 0. The summed E-state index contributed by atoms with van der Waals surface area (Å²) in [6, 6.07) is 7.29. The molecule has 0 heterocycles. The van der Waals surface area contributed by atoms with Crippen LogP contribution < -0.4 is 5.32 Å². The van der Waals surface area contributed by atoms with Crippen molar-refractivity contribution >= 4 is 5.69 Å². The van der Waals surface area contributed by atoms with Gasteiger partial charge in [0, 0.05) is 17.7 Å². The van der Waals surface area contributed by atoms with Crippen LogP contribution in [0.15, 0.2) is 24.3 Å². The molecule has 1 unspecified atom stereocenters. The summed E-state index contributed by atoms with van der Waals surface area (Å²) in [5.41, 5.74) is 1.04. The topological polar surface area (TPSA) is 55.2 Å². The van der Waals surface area contributed by atoms with Crippen LogP contribution in [0.3, 0.4) is 0 Å². The number of likely N-dealkylation sites (N-methyl/N-ethyl adjacent to an activating group) is 1. The highest BCUT2D eigenvalue weighted by Crippen LogP contribution is 2.20. The highest BCUT2D eigenvalue weighted by Gasteiger charge is 2.16. The van der Waals surface area contributed by atoms with E-state index in [0.717, 1.165) is 18.4 Å². The molecule has 1 rings (SSSR count). The molecule has 0 saturated carbocycles. The lowest BCUT2D eigenvalue weighted by Crippen LogP contribution is -2.28. The Balaban J connectivity index is 2.72. The van der Waals surface area contributed by atoms with E-state index in [1.165, 1.54) is 0 Å². The maximum Gasteiger partial charge on any atom is 0.272 e. The predicted molar refractivity (Wildman–Crippen MR) is 73.7 cm³/mol. The third-order valence-corrected chi connectivity index (χ3v) is 3.16. The van der Waals surface area contributed by atoms with Gasteiger partial charge in [-0.05, 0) is 32.2 Å². The molecular formula is C14H22N2O2. The van der Waals surface area contributed by atoms with E-state index in [4.69, 9.17) is 0 Å². The summed E-state index contributed by atoms with van der Waals surface area (Å²) in [5.74, 6) is 0.659. The van der Waals surface area contributed by atoms with E-state index < -0.39 is 0 Å². The molecule has 0 saturated heterocycles. The van der Waals surface area contributed by atoms with Crippen molar-refractivity contribution in [2.75, 3.05) is 7.05 Å². The van der Waals surface area contributed by atoms with Crippen molar-refractivity contribution in [2.24, 2.45) is 5.92 Å². The Bertz CT molecular complexity index is 391. The van der Waals surface area contributed by atoms with Gasteiger partial charge in [0.15, 0.2) is 0 Å². The minimum atomic E-state index is -0.301. The average Bonchev–Trinajstić information content (AvgIpc) is 2.34. The Labute approximate surface area is 109 Å². The highest BCUT2D eigenvalue weighted by molar-refractivity contribution is 5.40. The van der Waals surface area contributed by atoms with Gasteiger partial charge in [-0.1, -0.05) is 32.0 Å². The second-order valence-electron chi connectivity index (χ2n) is 5.05. The monoisotopic (exact) mass is 250 g/mol. The van der Waals surface area contributed by atoms with Gasteiger partial charge in [-0.3, -0.25) is 10.1 Å². The smallest absolute Gasteiger partial charge is 0.272 e. The first-order chi connectivity index (χ1) is 8.54. The SMILES string of the molecule is CNC(CCC(C)C)Cc1ccccc1[N+](=O)[O-]. The van der Waals surface area contributed by atoms with Crippen LogP contribution >= 0.6 is 0 Å². The minimum Gasteiger partial charge on any atom is -0.317 e. The number of para-hydroxylation sites is 1. The molecule has 1 aromatic rings. The molecule has 0 aliphatic heterocycles. The molecule has 18 heavy (non-hydrogen) atoms. The van der Waals surface area contributed by atoms with Crippen LogP contribution in [0.5, 0.6) is 0 Å². The van der Waals surface area contributed by atoms with Crippen molar-refractivity contribution in [1.29, 1.82) is 0 Å². The summed E-state index contributed by atoms with van der Waals surface area (Å²) in [4.78, 5) is 10.6. The fourth-order valence-corrected chi connectivity index (χ4v) is 2.01. The fraction of sp³-hybridized carbons (Fsp3) is 0.571. The van der Waals surface area contributed by atoms with E-state index in [0.29, 0.717) is 18.4 Å². The van der Waals surface area contributed by atoms with E-state index in [2.05, 4.69) is 19.2 Å². The first-order valence-electron chi connectivity index (χ1n) is 6.44. The predicted octanol–water partition coefficient (Wildman–Crippen LogP) is 3.16. The lowest BCUT2D eigenvalue weighted by Gasteiger charge is -2.17. The average molecular weight is 250 g/mol. The second kappa shape index (κ2) is 7.11. The van der Waals surface area contributed by atoms with Crippen LogP contribution in [0.2, 0.25) is 0 Å².